The van der Waals surface area contributed by atoms with E-state index in [0.29, 0.717) is 6.42 Å². The first kappa shape index (κ1) is 17.0. The second-order valence-electron chi connectivity index (χ2n) is 4.08. The van der Waals surface area contributed by atoms with E-state index in [4.69, 9.17) is 23.1 Å². The quantitative estimate of drug-likeness (QED) is 0.728. The zero-order valence-electron chi connectivity index (χ0n) is 11.0. The fraction of sp³-hybridized carbons (Fsp3) is 0.417. The van der Waals surface area contributed by atoms with Crippen LogP contribution in [0.25, 0.3) is 0 Å². The molecule has 0 radical (unpaired) electrons. The summed E-state index contributed by atoms with van der Waals surface area (Å²) in [6.45, 7) is 2.03. The predicted octanol–water partition coefficient (Wildman–Crippen LogP) is 0.853. The lowest BCUT2D eigenvalue weighted by Gasteiger charge is -2.20. The molecule has 20 heavy (non-hydrogen) atoms. The number of nitrogens with zero attached hydrogens (tertiary/aromatic N) is 1. The lowest BCUT2D eigenvalue weighted by molar-refractivity contribution is 0.271. The minimum Gasteiger partial charge on any atom is -0.396 e. The molecular weight excluding hydrogens is 303 g/mol. The van der Waals surface area contributed by atoms with E-state index in [1.165, 1.54) is 10.4 Å². The summed E-state index contributed by atoms with van der Waals surface area (Å²) in [4.78, 5) is -0.264. The largest absolute Gasteiger partial charge is 0.396 e. The van der Waals surface area contributed by atoms with Gasteiger partial charge in [-0.1, -0.05) is 19.1 Å². The van der Waals surface area contributed by atoms with Crippen LogP contribution in [0.3, 0.4) is 0 Å². The van der Waals surface area contributed by atoms with Gasteiger partial charge in [0.1, 0.15) is 10.8 Å². The Morgan fingerprint density at radius 3 is 2.65 bits per heavy atom. The molecule has 5 nitrogen and oxygen atoms in total. The van der Waals surface area contributed by atoms with Crippen LogP contribution in [0.15, 0.2) is 23.1 Å². The summed E-state index contributed by atoms with van der Waals surface area (Å²) in [6, 6.07) is 3.34. The number of nitrogens with two attached hydrogens (primary N) is 1. The molecule has 0 aromatic heterocycles. The number of benzene rings is 1. The lowest BCUT2D eigenvalue weighted by atomic mass is 10.2. The first-order valence-corrected chi connectivity index (χ1v) is 7.89. The van der Waals surface area contributed by atoms with Crippen LogP contribution >= 0.6 is 12.2 Å². The second-order valence-corrected chi connectivity index (χ2v) is 6.46. The number of aliphatic hydroxyl groups is 1. The summed E-state index contributed by atoms with van der Waals surface area (Å²) in [7, 11) is -3.76. The summed E-state index contributed by atoms with van der Waals surface area (Å²) in [5, 5.41) is 8.80. The molecule has 0 saturated carbocycles. The molecule has 112 valence electrons. The van der Waals surface area contributed by atoms with E-state index in [1.54, 1.807) is 6.92 Å². The highest BCUT2D eigenvalue weighted by atomic mass is 32.2. The Kier molecular flexibility index (Phi) is 6.00. The van der Waals surface area contributed by atoms with Crippen molar-refractivity contribution >= 4 is 27.2 Å². The van der Waals surface area contributed by atoms with Crippen molar-refractivity contribution in [2.75, 3.05) is 19.7 Å². The van der Waals surface area contributed by atoms with Gasteiger partial charge in [-0.05, 0) is 24.6 Å². The highest BCUT2D eigenvalue weighted by molar-refractivity contribution is 7.89. The molecule has 0 bridgehead atoms. The number of sulfonamides is 1. The maximum absolute atomic E-state index is 13.5. The van der Waals surface area contributed by atoms with Gasteiger partial charge in [-0.15, -0.1) is 0 Å². The maximum atomic E-state index is 13.5. The Bertz CT molecular complexity index is 590. The fourth-order valence-corrected chi connectivity index (χ4v) is 3.37. The van der Waals surface area contributed by atoms with Gasteiger partial charge in [-0.3, -0.25) is 0 Å². The maximum Gasteiger partial charge on any atom is 0.243 e. The SMILES string of the molecule is CCN(CCCO)S(=O)(=O)c1ccc(F)c(C(N)=S)c1. The molecule has 0 fully saturated rings. The molecule has 0 aliphatic carbocycles. The Balaban J connectivity index is 3.20. The van der Waals surface area contributed by atoms with Crippen molar-refractivity contribution in [3.8, 4) is 0 Å². The van der Waals surface area contributed by atoms with E-state index in [1.807, 2.05) is 0 Å². The van der Waals surface area contributed by atoms with Gasteiger partial charge in [-0.25, -0.2) is 12.8 Å². The van der Waals surface area contributed by atoms with Gasteiger partial charge in [-0.2, -0.15) is 4.31 Å². The monoisotopic (exact) mass is 320 g/mol. The summed E-state index contributed by atoms with van der Waals surface area (Å²) < 4.78 is 39.5. The van der Waals surface area contributed by atoms with E-state index in [-0.39, 0.29) is 35.1 Å². The number of hydrogen-bond acceptors (Lipinski definition) is 4. The lowest BCUT2D eigenvalue weighted by Crippen LogP contribution is -2.32. The molecule has 8 heteroatoms. The van der Waals surface area contributed by atoms with Crippen molar-refractivity contribution < 1.29 is 17.9 Å². The first-order chi connectivity index (χ1) is 9.34. The summed E-state index contributed by atoms with van der Waals surface area (Å²) >= 11 is 4.69. The highest BCUT2D eigenvalue weighted by Gasteiger charge is 2.24. The van der Waals surface area contributed by atoms with Crippen molar-refractivity contribution in [3.05, 3.63) is 29.6 Å². The molecule has 3 N–H and O–H groups in total. The third-order valence-corrected chi connectivity index (χ3v) is 4.95. The highest BCUT2D eigenvalue weighted by Crippen LogP contribution is 2.19. The van der Waals surface area contributed by atoms with Gasteiger partial charge in [0.15, 0.2) is 0 Å². The molecule has 0 atom stereocenters. The van der Waals surface area contributed by atoms with Gasteiger partial charge in [0, 0.05) is 25.3 Å². The molecular formula is C12H17FN2O3S2. The smallest absolute Gasteiger partial charge is 0.243 e. The van der Waals surface area contributed by atoms with Crippen molar-refractivity contribution in [2.24, 2.45) is 5.73 Å². The van der Waals surface area contributed by atoms with Crippen LogP contribution in [0, 0.1) is 5.82 Å². The summed E-state index contributed by atoms with van der Waals surface area (Å²) in [6.07, 6.45) is 0.330. The van der Waals surface area contributed by atoms with Gasteiger partial charge < -0.3 is 10.8 Å². The molecule has 0 aliphatic heterocycles. The van der Waals surface area contributed by atoms with Crippen molar-refractivity contribution in [2.45, 2.75) is 18.2 Å². The van der Waals surface area contributed by atoms with Crippen LogP contribution in [-0.2, 0) is 10.0 Å². The van der Waals surface area contributed by atoms with Gasteiger partial charge in [0.05, 0.1) is 4.90 Å². The topological polar surface area (TPSA) is 83.6 Å². The summed E-state index contributed by atoms with van der Waals surface area (Å²) in [5.41, 5.74) is 5.27. The third kappa shape index (κ3) is 3.72. The average Bonchev–Trinajstić information content (AvgIpc) is 2.39. The van der Waals surface area contributed by atoms with Gasteiger partial charge >= 0.3 is 0 Å². The summed E-state index contributed by atoms with van der Waals surface area (Å²) in [5.74, 6) is -0.658. The van der Waals surface area contributed by atoms with Crippen LogP contribution in [0.2, 0.25) is 0 Å². The van der Waals surface area contributed by atoms with E-state index in [0.717, 1.165) is 12.1 Å². The van der Waals surface area contributed by atoms with Crippen LogP contribution in [0.1, 0.15) is 18.9 Å². The van der Waals surface area contributed by atoms with Crippen LogP contribution < -0.4 is 5.73 Å². The Hall–Kier alpha value is -1.09. The third-order valence-electron chi connectivity index (χ3n) is 2.76. The second kappa shape index (κ2) is 7.07. The van der Waals surface area contributed by atoms with Crippen LogP contribution in [0.4, 0.5) is 4.39 Å². The molecule has 0 saturated heterocycles. The average molecular weight is 320 g/mol. The molecule has 0 heterocycles. The Labute approximate surface area is 123 Å². The van der Waals surface area contributed by atoms with Crippen molar-refractivity contribution in [1.29, 1.82) is 0 Å². The Morgan fingerprint density at radius 1 is 1.50 bits per heavy atom. The Morgan fingerprint density at radius 2 is 2.15 bits per heavy atom. The van der Waals surface area contributed by atoms with Gasteiger partial charge in [0.25, 0.3) is 0 Å². The van der Waals surface area contributed by atoms with Crippen molar-refractivity contribution in [1.82, 2.24) is 4.31 Å². The van der Waals surface area contributed by atoms with Crippen LogP contribution in [-0.4, -0.2) is 42.5 Å². The standard InChI is InChI=1S/C12H17FN2O3S2/c1-2-15(6-3-7-16)20(17,18)9-4-5-11(13)10(8-9)12(14)19/h4-5,8,16H,2-3,6-7H2,1H3,(H2,14,19). The molecule has 0 aliphatic rings. The molecule has 1 rings (SSSR count). The zero-order valence-corrected chi connectivity index (χ0v) is 12.7. The number of halogens is 1. The minimum absolute atomic E-state index is 0.0681. The van der Waals surface area contributed by atoms with E-state index < -0.39 is 15.8 Å². The normalized spacial score (nSPS) is 11.8. The molecule has 0 unspecified atom stereocenters. The fourth-order valence-electron chi connectivity index (χ4n) is 1.70. The molecule has 1 aromatic rings. The van der Waals surface area contributed by atoms with E-state index in [2.05, 4.69) is 0 Å². The van der Waals surface area contributed by atoms with Gasteiger partial charge in [0.2, 0.25) is 10.0 Å². The predicted molar refractivity (Wildman–Crippen MR) is 78.4 cm³/mol. The number of thiocarbonyl (C=S) groups is 1. The molecule has 0 spiro atoms. The molecule has 1 aromatic carbocycles. The minimum atomic E-state index is -3.76. The van der Waals surface area contributed by atoms with Crippen molar-refractivity contribution in [3.63, 3.8) is 0 Å². The number of aliphatic hydroxyl groups excluding tert-OH is 1. The first-order valence-electron chi connectivity index (χ1n) is 6.05. The zero-order chi connectivity index (χ0) is 15.3. The number of hydrogen-bond donors (Lipinski definition) is 2. The van der Waals surface area contributed by atoms with E-state index >= 15 is 0 Å². The number of rotatable bonds is 7. The van der Waals surface area contributed by atoms with Crippen LogP contribution in [0.5, 0.6) is 0 Å². The molecule has 0 amide bonds. The van der Waals surface area contributed by atoms with E-state index in [9.17, 15) is 12.8 Å².